The van der Waals surface area contributed by atoms with Gasteiger partial charge in [0.2, 0.25) is 5.88 Å². The first-order chi connectivity index (χ1) is 11.5. The van der Waals surface area contributed by atoms with Crippen LogP contribution in [0.15, 0.2) is 23.3 Å². The Kier molecular flexibility index (Phi) is 8.67. The van der Waals surface area contributed by atoms with E-state index in [1.807, 2.05) is 37.7 Å². The SMILES string of the molecule is CCNC(=NCc1ccc(OC)nc1)NCc1c(C)nn(C)c1C.I. The van der Waals surface area contributed by atoms with Crippen LogP contribution in [0.5, 0.6) is 5.88 Å². The average Bonchev–Trinajstić information content (AvgIpc) is 2.83. The summed E-state index contributed by atoms with van der Waals surface area (Å²) in [6, 6.07) is 3.81. The van der Waals surface area contributed by atoms with Gasteiger partial charge < -0.3 is 15.4 Å². The van der Waals surface area contributed by atoms with E-state index in [1.165, 1.54) is 5.56 Å². The van der Waals surface area contributed by atoms with Crippen LogP contribution in [0.2, 0.25) is 0 Å². The highest BCUT2D eigenvalue weighted by Gasteiger charge is 2.09. The highest BCUT2D eigenvalue weighted by molar-refractivity contribution is 14.0. The molecule has 0 aromatic carbocycles. The lowest BCUT2D eigenvalue weighted by Crippen LogP contribution is -2.37. The standard InChI is InChI=1S/C17H26N6O.HI/c1-6-18-17(20-10-14-7-8-16(24-5)19-9-14)21-11-15-12(2)22-23(4)13(15)3;/h7-9H,6,10-11H2,1-5H3,(H2,18,20,21);1H. The summed E-state index contributed by atoms with van der Waals surface area (Å²) in [6.07, 6.45) is 1.78. The van der Waals surface area contributed by atoms with Crippen molar-refractivity contribution in [3.05, 3.63) is 40.8 Å². The molecule has 0 radical (unpaired) electrons. The van der Waals surface area contributed by atoms with Gasteiger partial charge in [-0.05, 0) is 26.3 Å². The van der Waals surface area contributed by atoms with E-state index in [9.17, 15) is 0 Å². The first-order valence-corrected chi connectivity index (χ1v) is 8.05. The molecular weight excluding hydrogens is 431 g/mol. The van der Waals surface area contributed by atoms with E-state index in [4.69, 9.17) is 4.74 Å². The van der Waals surface area contributed by atoms with Crippen LogP contribution < -0.4 is 15.4 Å². The molecule has 0 aliphatic carbocycles. The van der Waals surface area contributed by atoms with Crippen molar-refractivity contribution in [3.63, 3.8) is 0 Å². The summed E-state index contributed by atoms with van der Waals surface area (Å²) in [7, 11) is 3.57. The molecule has 8 heteroatoms. The van der Waals surface area contributed by atoms with Gasteiger partial charge in [0.15, 0.2) is 5.96 Å². The van der Waals surface area contributed by atoms with E-state index >= 15 is 0 Å². The summed E-state index contributed by atoms with van der Waals surface area (Å²) in [5, 5.41) is 11.1. The van der Waals surface area contributed by atoms with E-state index in [0.717, 1.165) is 29.5 Å². The molecule has 7 nitrogen and oxygen atoms in total. The number of ether oxygens (including phenoxy) is 1. The number of nitrogens with zero attached hydrogens (tertiary/aromatic N) is 4. The van der Waals surface area contributed by atoms with Crippen LogP contribution in [0, 0.1) is 13.8 Å². The monoisotopic (exact) mass is 458 g/mol. The Morgan fingerprint density at radius 1 is 1.28 bits per heavy atom. The predicted molar refractivity (Wildman–Crippen MR) is 111 cm³/mol. The third-order valence-electron chi connectivity index (χ3n) is 3.86. The summed E-state index contributed by atoms with van der Waals surface area (Å²) in [4.78, 5) is 8.80. The number of hydrogen-bond donors (Lipinski definition) is 2. The smallest absolute Gasteiger partial charge is 0.212 e. The third kappa shape index (κ3) is 5.87. The maximum absolute atomic E-state index is 5.07. The number of aryl methyl sites for hydroxylation is 2. The second-order valence-electron chi connectivity index (χ2n) is 5.53. The predicted octanol–water partition coefficient (Wildman–Crippen LogP) is 2.31. The van der Waals surface area contributed by atoms with Crippen molar-refractivity contribution in [2.45, 2.75) is 33.9 Å². The second kappa shape index (κ2) is 10.2. The van der Waals surface area contributed by atoms with E-state index in [-0.39, 0.29) is 24.0 Å². The molecule has 0 saturated carbocycles. The van der Waals surface area contributed by atoms with Crippen LogP contribution in [0.1, 0.15) is 29.4 Å². The van der Waals surface area contributed by atoms with E-state index in [1.54, 1.807) is 13.3 Å². The van der Waals surface area contributed by atoms with Crippen LogP contribution in [0.4, 0.5) is 0 Å². The Morgan fingerprint density at radius 3 is 2.56 bits per heavy atom. The van der Waals surface area contributed by atoms with Gasteiger partial charge in [-0.1, -0.05) is 6.07 Å². The molecule has 0 bridgehead atoms. The summed E-state index contributed by atoms with van der Waals surface area (Å²) in [5.74, 6) is 1.38. The van der Waals surface area contributed by atoms with Crippen molar-refractivity contribution >= 4 is 29.9 Å². The Balaban J connectivity index is 0.00000312. The molecule has 2 aromatic rings. The average molecular weight is 458 g/mol. The van der Waals surface area contributed by atoms with Gasteiger partial charge in [0.25, 0.3) is 0 Å². The van der Waals surface area contributed by atoms with Crippen molar-refractivity contribution < 1.29 is 4.74 Å². The minimum absolute atomic E-state index is 0. The van der Waals surface area contributed by atoms with Crippen molar-refractivity contribution in [1.29, 1.82) is 0 Å². The first kappa shape index (κ1) is 21.2. The summed E-state index contributed by atoms with van der Waals surface area (Å²) >= 11 is 0. The molecule has 25 heavy (non-hydrogen) atoms. The molecule has 2 heterocycles. The highest BCUT2D eigenvalue weighted by Crippen LogP contribution is 2.11. The van der Waals surface area contributed by atoms with E-state index < -0.39 is 0 Å². The first-order valence-electron chi connectivity index (χ1n) is 8.05. The number of aliphatic imine (C=N–C) groups is 1. The van der Waals surface area contributed by atoms with E-state index in [2.05, 4.69) is 32.6 Å². The molecule has 0 aliphatic heterocycles. The molecule has 2 aromatic heterocycles. The molecule has 0 atom stereocenters. The fourth-order valence-corrected chi connectivity index (χ4v) is 2.38. The van der Waals surface area contributed by atoms with Crippen LogP contribution in [-0.4, -0.2) is 34.4 Å². The van der Waals surface area contributed by atoms with Crippen molar-refractivity contribution in [3.8, 4) is 5.88 Å². The normalized spacial score (nSPS) is 11.0. The number of pyridine rings is 1. The van der Waals surface area contributed by atoms with Gasteiger partial charge in [0.05, 0.1) is 19.3 Å². The fourth-order valence-electron chi connectivity index (χ4n) is 2.38. The maximum atomic E-state index is 5.07. The molecule has 0 aliphatic rings. The number of guanidine groups is 1. The van der Waals surface area contributed by atoms with Crippen molar-refractivity contribution in [1.82, 2.24) is 25.4 Å². The number of rotatable bonds is 6. The molecule has 2 N–H and O–H groups in total. The third-order valence-corrected chi connectivity index (χ3v) is 3.86. The summed E-state index contributed by atoms with van der Waals surface area (Å²) in [5.41, 5.74) is 4.43. The zero-order valence-electron chi connectivity index (χ0n) is 15.5. The largest absolute Gasteiger partial charge is 0.481 e. The van der Waals surface area contributed by atoms with E-state index in [0.29, 0.717) is 19.0 Å². The number of nitrogens with one attached hydrogen (secondary N) is 2. The molecule has 0 fully saturated rings. The van der Waals surface area contributed by atoms with Gasteiger partial charge >= 0.3 is 0 Å². The van der Waals surface area contributed by atoms with Gasteiger partial charge in [0, 0.05) is 43.7 Å². The molecule has 0 saturated heterocycles. The molecule has 0 unspecified atom stereocenters. The lowest BCUT2D eigenvalue weighted by Gasteiger charge is -2.11. The van der Waals surface area contributed by atoms with Crippen LogP contribution >= 0.6 is 24.0 Å². The zero-order valence-corrected chi connectivity index (χ0v) is 17.8. The van der Waals surface area contributed by atoms with Gasteiger partial charge in [-0.15, -0.1) is 24.0 Å². The van der Waals surface area contributed by atoms with Crippen LogP contribution in [0.3, 0.4) is 0 Å². The number of halogens is 1. The van der Waals surface area contributed by atoms with Gasteiger partial charge in [0.1, 0.15) is 0 Å². The topological polar surface area (TPSA) is 76.4 Å². The van der Waals surface area contributed by atoms with Gasteiger partial charge in [-0.2, -0.15) is 5.10 Å². The highest BCUT2D eigenvalue weighted by atomic mass is 127. The van der Waals surface area contributed by atoms with Crippen molar-refractivity contribution in [2.75, 3.05) is 13.7 Å². The van der Waals surface area contributed by atoms with Crippen LogP contribution in [0.25, 0.3) is 0 Å². The minimum Gasteiger partial charge on any atom is -0.481 e. The fraction of sp³-hybridized carbons (Fsp3) is 0.471. The molecule has 138 valence electrons. The summed E-state index contributed by atoms with van der Waals surface area (Å²) < 4.78 is 6.97. The molecule has 0 amide bonds. The molecule has 0 spiro atoms. The number of hydrogen-bond acceptors (Lipinski definition) is 4. The lowest BCUT2D eigenvalue weighted by atomic mass is 10.2. The van der Waals surface area contributed by atoms with Gasteiger partial charge in [-0.3, -0.25) is 4.68 Å². The van der Waals surface area contributed by atoms with Crippen LogP contribution in [-0.2, 0) is 20.1 Å². The Labute approximate surface area is 166 Å². The maximum Gasteiger partial charge on any atom is 0.212 e. The Bertz CT molecular complexity index is 696. The Morgan fingerprint density at radius 2 is 2.04 bits per heavy atom. The van der Waals surface area contributed by atoms with Gasteiger partial charge in [-0.25, -0.2) is 9.98 Å². The Hall–Kier alpha value is -1.84. The lowest BCUT2D eigenvalue weighted by molar-refractivity contribution is 0.397. The van der Waals surface area contributed by atoms with Crippen molar-refractivity contribution in [2.24, 2.45) is 12.0 Å². The second-order valence-corrected chi connectivity index (χ2v) is 5.53. The zero-order chi connectivity index (χ0) is 17.5. The molecule has 2 rings (SSSR count). The minimum atomic E-state index is 0. The number of methoxy groups -OCH3 is 1. The number of aromatic nitrogens is 3. The summed E-state index contributed by atoms with van der Waals surface area (Å²) in [6.45, 7) is 8.20. The molecular formula is C17H27IN6O. The quantitative estimate of drug-likeness (QED) is 0.395.